The van der Waals surface area contributed by atoms with E-state index in [-0.39, 0.29) is 6.61 Å². The van der Waals surface area contributed by atoms with Crippen LogP contribution in [0.15, 0.2) is 12.2 Å². The van der Waals surface area contributed by atoms with Gasteiger partial charge >= 0.3 is 0 Å². The van der Waals surface area contributed by atoms with Crippen LogP contribution in [0.1, 0.15) is 32.1 Å². The number of aliphatic hydroxyl groups is 1. The largest absolute Gasteiger partial charge is 0.396 e. The quantitative estimate of drug-likeness (QED) is 0.398. The third-order valence-corrected chi connectivity index (χ3v) is 2.03. The van der Waals surface area contributed by atoms with Crippen LogP contribution < -0.4 is 0 Å². The molecule has 0 atom stereocenters. The molecule has 0 saturated carbocycles. The van der Waals surface area contributed by atoms with Gasteiger partial charge in [-0.3, -0.25) is 0 Å². The molecule has 11 heavy (non-hydrogen) atoms. The predicted octanol–water partition coefficient (Wildman–Crippen LogP) is 2.88. The van der Waals surface area contributed by atoms with Crippen molar-refractivity contribution in [3.63, 3.8) is 0 Å². The Morgan fingerprint density at radius 1 is 1.00 bits per heavy atom. The highest BCUT2D eigenvalue weighted by Gasteiger charge is 1.84. The fourth-order valence-electron chi connectivity index (χ4n) is 0.844. The van der Waals surface area contributed by atoms with Crippen molar-refractivity contribution >= 4 is 15.9 Å². The SMILES string of the molecule is OCC/C=C\CCCCCBr. The van der Waals surface area contributed by atoms with Crippen molar-refractivity contribution in [3.05, 3.63) is 12.2 Å². The summed E-state index contributed by atoms with van der Waals surface area (Å²) in [6, 6.07) is 0. The molecule has 0 aliphatic carbocycles. The molecule has 0 spiro atoms. The number of rotatable bonds is 7. The second-order valence-corrected chi connectivity index (χ2v) is 3.32. The van der Waals surface area contributed by atoms with E-state index < -0.39 is 0 Å². The van der Waals surface area contributed by atoms with E-state index in [1.807, 2.05) is 6.08 Å². The molecular formula is C9H17BrO. The Morgan fingerprint density at radius 3 is 2.36 bits per heavy atom. The fraction of sp³-hybridized carbons (Fsp3) is 0.778. The maximum atomic E-state index is 8.45. The van der Waals surface area contributed by atoms with E-state index in [1.54, 1.807) is 0 Å². The van der Waals surface area contributed by atoms with Crippen molar-refractivity contribution in [2.45, 2.75) is 32.1 Å². The Kier molecular flexibility index (Phi) is 10.3. The summed E-state index contributed by atoms with van der Waals surface area (Å²) in [6.07, 6.45) is 10.0. The summed E-state index contributed by atoms with van der Waals surface area (Å²) in [5, 5.41) is 9.57. The Bertz CT molecular complexity index is 91.6. The Labute approximate surface area is 77.6 Å². The van der Waals surface area contributed by atoms with E-state index in [4.69, 9.17) is 5.11 Å². The average Bonchev–Trinajstić information content (AvgIpc) is 2.03. The van der Waals surface area contributed by atoms with Gasteiger partial charge < -0.3 is 5.11 Å². The molecule has 0 radical (unpaired) electrons. The molecular weight excluding hydrogens is 204 g/mol. The molecule has 0 fully saturated rings. The highest BCUT2D eigenvalue weighted by molar-refractivity contribution is 9.09. The maximum absolute atomic E-state index is 8.45. The summed E-state index contributed by atoms with van der Waals surface area (Å²) < 4.78 is 0. The summed E-state index contributed by atoms with van der Waals surface area (Å²) in [4.78, 5) is 0. The lowest BCUT2D eigenvalue weighted by Gasteiger charge is -1.92. The first kappa shape index (κ1) is 11.2. The summed E-state index contributed by atoms with van der Waals surface area (Å²) in [6.45, 7) is 0.276. The molecule has 0 unspecified atom stereocenters. The second kappa shape index (κ2) is 10.2. The van der Waals surface area contributed by atoms with E-state index in [9.17, 15) is 0 Å². The molecule has 1 nitrogen and oxygen atoms in total. The lowest BCUT2D eigenvalue weighted by molar-refractivity contribution is 0.302. The molecule has 0 aromatic heterocycles. The standard InChI is InChI=1S/C9H17BrO/c10-8-6-4-2-1-3-5-7-9-11/h3,5,11H,1-2,4,6-9H2/b5-3-. The normalized spacial score (nSPS) is 11.1. The lowest BCUT2D eigenvalue weighted by Crippen LogP contribution is -1.77. The zero-order valence-corrected chi connectivity index (χ0v) is 8.52. The first-order valence-electron chi connectivity index (χ1n) is 4.23. The molecule has 66 valence electrons. The number of halogens is 1. The van der Waals surface area contributed by atoms with Gasteiger partial charge in [0.05, 0.1) is 0 Å². The smallest absolute Gasteiger partial charge is 0.0465 e. The second-order valence-electron chi connectivity index (χ2n) is 2.52. The molecule has 1 N–H and O–H groups in total. The summed E-state index contributed by atoms with van der Waals surface area (Å²) in [5.41, 5.74) is 0. The molecule has 0 aliphatic rings. The molecule has 0 saturated heterocycles. The van der Waals surface area contributed by atoms with Crippen LogP contribution in [0.2, 0.25) is 0 Å². The highest BCUT2D eigenvalue weighted by atomic mass is 79.9. The van der Waals surface area contributed by atoms with Crippen molar-refractivity contribution in [1.82, 2.24) is 0 Å². The first-order chi connectivity index (χ1) is 5.41. The Balaban J connectivity index is 2.89. The van der Waals surface area contributed by atoms with Gasteiger partial charge in [0.15, 0.2) is 0 Å². The number of allylic oxidation sites excluding steroid dienone is 1. The third kappa shape index (κ3) is 10.2. The van der Waals surface area contributed by atoms with E-state index in [2.05, 4.69) is 22.0 Å². The third-order valence-electron chi connectivity index (χ3n) is 1.47. The molecule has 2 heteroatoms. The van der Waals surface area contributed by atoms with E-state index >= 15 is 0 Å². The number of hydrogen-bond acceptors (Lipinski definition) is 1. The van der Waals surface area contributed by atoms with Crippen LogP contribution in [0, 0.1) is 0 Å². The van der Waals surface area contributed by atoms with E-state index in [1.165, 1.54) is 19.3 Å². The highest BCUT2D eigenvalue weighted by Crippen LogP contribution is 2.02. The van der Waals surface area contributed by atoms with Crippen LogP contribution >= 0.6 is 15.9 Å². The molecule has 0 aliphatic heterocycles. The minimum atomic E-state index is 0.276. The summed E-state index contributed by atoms with van der Waals surface area (Å²) >= 11 is 3.39. The van der Waals surface area contributed by atoms with E-state index in [0.717, 1.165) is 18.2 Å². The zero-order chi connectivity index (χ0) is 8.36. The summed E-state index contributed by atoms with van der Waals surface area (Å²) in [7, 11) is 0. The van der Waals surface area contributed by atoms with Crippen molar-refractivity contribution in [2.75, 3.05) is 11.9 Å². The van der Waals surface area contributed by atoms with Crippen LogP contribution in [-0.4, -0.2) is 17.0 Å². The van der Waals surface area contributed by atoms with Crippen LogP contribution in [0.5, 0.6) is 0 Å². The Morgan fingerprint density at radius 2 is 1.73 bits per heavy atom. The molecule has 0 aromatic carbocycles. The van der Waals surface area contributed by atoms with Gasteiger partial charge in [0.25, 0.3) is 0 Å². The van der Waals surface area contributed by atoms with Crippen molar-refractivity contribution < 1.29 is 5.11 Å². The minimum absolute atomic E-state index is 0.276. The van der Waals surface area contributed by atoms with Gasteiger partial charge in [0.1, 0.15) is 0 Å². The van der Waals surface area contributed by atoms with Crippen LogP contribution in [0.3, 0.4) is 0 Å². The predicted molar refractivity (Wildman–Crippen MR) is 53.1 cm³/mol. The first-order valence-corrected chi connectivity index (χ1v) is 5.35. The number of aliphatic hydroxyl groups excluding tert-OH is 1. The van der Waals surface area contributed by atoms with Gasteiger partial charge in [-0.05, 0) is 25.7 Å². The number of hydrogen-bond donors (Lipinski definition) is 1. The van der Waals surface area contributed by atoms with Crippen molar-refractivity contribution in [2.24, 2.45) is 0 Å². The minimum Gasteiger partial charge on any atom is -0.396 e. The van der Waals surface area contributed by atoms with Crippen LogP contribution in [-0.2, 0) is 0 Å². The summed E-state index contributed by atoms with van der Waals surface area (Å²) in [5.74, 6) is 0. The average molecular weight is 221 g/mol. The fourth-order valence-corrected chi connectivity index (χ4v) is 1.24. The monoisotopic (exact) mass is 220 g/mol. The number of alkyl halides is 1. The van der Waals surface area contributed by atoms with Gasteiger partial charge in [0.2, 0.25) is 0 Å². The molecule has 0 bridgehead atoms. The van der Waals surface area contributed by atoms with Crippen molar-refractivity contribution in [3.8, 4) is 0 Å². The van der Waals surface area contributed by atoms with Crippen molar-refractivity contribution in [1.29, 1.82) is 0 Å². The topological polar surface area (TPSA) is 20.2 Å². The van der Waals surface area contributed by atoms with Gasteiger partial charge in [-0.2, -0.15) is 0 Å². The molecule has 0 aromatic rings. The Hall–Kier alpha value is 0.180. The van der Waals surface area contributed by atoms with E-state index in [0.29, 0.717) is 0 Å². The van der Waals surface area contributed by atoms with Gasteiger partial charge in [-0.1, -0.05) is 34.5 Å². The molecule has 0 heterocycles. The lowest BCUT2D eigenvalue weighted by atomic mass is 10.2. The zero-order valence-electron chi connectivity index (χ0n) is 6.93. The molecule has 0 rings (SSSR count). The number of unbranched alkanes of at least 4 members (excludes halogenated alkanes) is 3. The van der Waals surface area contributed by atoms with Crippen LogP contribution in [0.25, 0.3) is 0 Å². The van der Waals surface area contributed by atoms with Gasteiger partial charge in [-0.15, -0.1) is 0 Å². The van der Waals surface area contributed by atoms with Gasteiger partial charge in [0, 0.05) is 11.9 Å². The van der Waals surface area contributed by atoms with Crippen LogP contribution in [0.4, 0.5) is 0 Å². The maximum Gasteiger partial charge on any atom is 0.0465 e. The van der Waals surface area contributed by atoms with Gasteiger partial charge in [-0.25, -0.2) is 0 Å². The molecule has 0 amide bonds.